The second-order valence-corrected chi connectivity index (χ2v) is 5.91. The minimum absolute atomic E-state index is 0.205. The molecule has 0 aliphatic heterocycles. The smallest absolute Gasteiger partial charge is 0.341 e. The van der Waals surface area contributed by atoms with Crippen molar-refractivity contribution in [2.75, 3.05) is 0 Å². The van der Waals surface area contributed by atoms with Crippen LogP contribution in [0.4, 0.5) is 0 Å². The predicted octanol–water partition coefficient (Wildman–Crippen LogP) is 2.42. The fourth-order valence-electron chi connectivity index (χ4n) is 1.43. The van der Waals surface area contributed by atoms with Crippen molar-refractivity contribution in [1.29, 1.82) is 0 Å². The molecule has 0 atom stereocenters. The number of aromatic carboxylic acids is 1. The number of halogens is 1. The summed E-state index contributed by atoms with van der Waals surface area (Å²) in [5.41, 5.74) is -0.687. The van der Waals surface area contributed by atoms with Crippen molar-refractivity contribution in [2.24, 2.45) is 0 Å². The molecule has 0 aliphatic rings. The summed E-state index contributed by atoms with van der Waals surface area (Å²) in [5.74, 6) is -1.20. The van der Waals surface area contributed by atoms with Crippen LogP contribution in [0.3, 0.4) is 0 Å². The number of pyridine rings is 1. The first-order valence-corrected chi connectivity index (χ1v) is 6.36. The summed E-state index contributed by atoms with van der Waals surface area (Å²) in [4.78, 5) is 23.6. The lowest BCUT2D eigenvalue weighted by atomic mass is 10.3. The molecule has 0 bridgehead atoms. The van der Waals surface area contributed by atoms with Crippen molar-refractivity contribution in [3.05, 3.63) is 55.0 Å². The molecule has 17 heavy (non-hydrogen) atoms. The van der Waals surface area contributed by atoms with Gasteiger partial charge in [-0.15, -0.1) is 11.3 Å². The number of thiophene rings is 1. The molecule has 2 rings (SSSR count). The van der Waals surface area contributed by atoms with Crippen molar-refractivity contribution in [2.45, 2.75) is 6.54 Å². The van der Waals surface area contributed by atoms with Crippen LogP contribution in [-0.2, 0) is 6.54 Å². The zero-order chi connectivity index (χ0) is 12.4. The van der Waals surface area contributed by atoms with Gasteiger partial charge in [-0.05, 0) is 40.2 Å². The molecular weight excluding hydrogens is 306 g/mol. The van der Waals surface area contributed by atoms with E-state index in [1.807, 2.05) is 12.1 Å². The normalized spacial score (nSPS) is 10.4. The van der Waals surface area contributed by atoms with E-state index in [0.717, 1.165) is 8.66 Å². The van der Waals surface area contributed by atoms with Crippen LogP contribution in [0.2, 0.25) is 0 Å². The molecule has 4 nitrogen and oxygen atoms in total. The van der Waals surface area contributed by atoms with Gasteiger partial charge in [-0.25, -0.2) is 4.79 Å². The monoisotopic (exact) mass is 313 g/mol. The van der Waals surface area contributed by atoms with Gasteiger partial charge in [-0.3, -0.25) is 4.79 Å². The van der Waals surface area contributed by atoms with Crippen LogP contribution in [0.1, 0.15) is 15.2 Å². The maximum Gasteiger partial charge on any atom is 0.341 e. The number of carboxylic acids is 1. The highest BCUT2D eigenvalue weighted by Crippen LogP contribution is 2.22. The van der Waals surface area contributed by atoms with Gasteiger partial charge in [0.05, 0.1) is 10.3 Å². The Kier molecular flexibility index (Phi) is 3.44. The van der Waals surface area contributed by atoms with E-state index in [1.54, 1.807) is 12.3 Å². The topological polar surface area (TPSA) is 59.3 Å². The third-order valence-electron chi connectivity index (χ3n) is 2.21. The second kappa shape index (κ2) is 4.85. The number of rotatable bonds is 3. The Balaban J connectivity index is 2.37. The van der Waals surface area contributed by atoms with E-state index in [-0.39, 0.29) is 5.56 Å². The molecule has 0 aliphatic carbocycles. The SMILES string of the molecule is O=C(O)c1cccn(Cc2ccc(Br)s2)c1=O. The van der Waals surface area contributed by atoms with Crippen molar-refractivity contribution >= 4 is 33.2 Å². The van der Waals surface area contributed by atoms with E-state index in [4.69, 9.17) is 5.11 Å². The van der Waals surface area contributed by atoms with Gasteiger partial charge in [-0.2, -0.15) is 0 Å². The highest BCUT2D eigenvalue weighted by Gasteiger charge is 2.10. The molecule has 88 valence electrons. The zero-order valence-electron chi connectivity index (χ0n) is 8.59. The maximum absolute atomic E-state index is 11.8. The zero-order valence-corrected chi connectivity index (χ0v) is 11.0. The van der Waals surface area contributed by atoms with Crippen molar-refractivity contribution in [1.82, 2.24) is 4.57 Å². The van der Waals surface area contributed by atoms with Crippen LogP contribution in [0, 0.1) is 0 Å². The van der Waals surface area contributed by atoms with Gasteiger partial charge in [0.15, 0.2) is 0 Å². The Morgan fingerprint density at radius 3 is 2.76 bits per heavy atom. The number of nitrogens with zero attached hydrogens (tertiary/aromatic N) is 1. The summed E-state index contributed by atoms with van der Waals surface area (Å²) in [5, 5.41) is 8.84. The molecule has 6 heteroatoms. The van der Waals surface area contributed by atoms with Crippen molar-refractivity contribution < 1.29 is 9.90 Å². The minimum Gasteiger partial charge on any atom is -0.477 e. The number of hydrogen-bond donors (Lipinski definition) is 1. The number of carboxylic acid groups (broad SMARTS) is 1. The third kappa shape index (κ3) is 2.65. The largest absolute Gasteiger partial charge is 0.477 e. The van der Waals surface area contributed by atoms with Gasteiger partial charge in [-0.1, -0.05) is 0 Å². The highest BCUT2D eigenvalue weighted by atomic mass is 79.9. The average molecular weight is 314 g/mol. The molecule has 0 fully saturated rings. The minimum atomic E-state index is -1.20. The Bertz CT molecular complexity index is 617. The fraction of sp³-hybridized carbons (Fsp3) is 0.0909. The summed E-state index contributed by atoms with van der Waals surface area (Å²) in [6.07, 6.45) is 1.59. The molecular formula is C11H8BrNO3S. The lowest BCUT2D eigenvalue weighted by Crippen LogP contribution is -2.25. The van der Waals surface area contributed by atoms with E-state index in [9.17, 15) is 9.59 Å². The van der Waals surface area contributed by atoms with Crippen LogP contribution in [0.15, 0.2) is 39.0 Å². The maximum atomic E-state index is 11.8. The molecule has 0 spiro atoms. The van der Waals surface area contributed by atoms with Crippen LogP contribution >= 0.6 is 27.3 Å². The first-order valence-electron chi connectivity index (χ1n) is 4.75. The van der Waals surface area contributed by atoms with Gasteiger partial charge < -0.3 is 9.67 Å². The van der Waals surface area contributed by atoms with Gasteiger partial charge in [0, 0.05) is 11.1 Å². The van der Waals surface area contributed by atoms with E-state index in [0.29, 0.717) is 6.54 Å². The summed E-state index contributed by atoms with van der Waals surface area (Å²) in [6.45, 7) is 0.385. The first kappa shape index (κ1) is 12.1. The molecule has 0 unspecified atom stereocenters. The van der Waals surface area contributed by atoms with Crippen molar-refractivity contribution in [3.63, 3.8) is 0 Å². The molecule has 1 N–H and O–H groups in total. The Morgan fingerprint density at radius 1 is 1.41 bits per heavy atom. The molecule has 2 heterocycles. The van der Waals surface area contributed by atoms with Gasteiger partial charge >= 0.3 is 5.97 Å². The standard InChI is InChI=1S/C11H8BrNO3S/c12-9-4-3-7(17-9)6-13-5-1-2-8(10(13)14)11(15)16/h1-5H,6H2,(H,15,16). The molecule has 0 amide bonds. The third-order valence-corrected chi connectivity index (χ3v) is 3.81. The van der Waals surface area contributed by atoms with Gasteiger partial charge in [0.25, 0.3) is 5.56 Å². The molecule has 0 radical (unpaired) electrons. The summed E-state index contributed by atoms with van der Waals surface area (Å²) < 4.78 is 2.37. The predicted molar refractivity (Wildman–Crippen MR) is 68.8 cm³/mol. The Labute approximate surface area is 109 Å². The van der Waals surface area contributed by atoms with Crippen LogP contribution in [0.25, 0.3) is 0 Å². The average Bonchev–Trinajstić information content (AvgIpc) is 2.67. The van der Waals surface area contributed by atoms with Crippen LogP contribution < -0.4 is 5.56 Å². The molecule has 0 aromatic carbocycles. The summed E-state index contributed by atoms with van der Waals surface area (Å²) >= 11 is 4.85. The lowest BCUT2D eigenvalue weighted by molar-refractivity contribution is 0.0694. The van der Waals surface area contributed by atoms with Crippen LogP contribution in [-0.4, -0.2) is 15.6 Å². The second-order valence-electron chi connectivity index (χ2n) is 3.37. The van der Waals surface area contributed by atoms with Crippen LogP contribution in [0.5, 0.6) is 0 Å². The van der Waals surface area contributed by atoms with Gasteiger partial charge in [0.1, 0.15) is 5.56 Å². The summed E-state index contributed by atoms with van der Waals surface area (Å²) in [7, 11) is 0. The lowest BCUT2D eigenvalue weighted by Gasteiger charge is -2.04. The van der Waals surface area contributed by atoms with Crippen molar-refractivity contribution in [3.8, 4) is 0 Å². The Morgan fingerprint density at radius 2 is 2.18 bits per heavy atom. The first-order chi connectivity index (χ1) is 8.08. The number of hydrogen-bond acceptors (Lipinski definition) is 3. The molecule has 0 saturated heterocycles. The number of carbonyl (C=O) groups is 1. The summed E-state index contributed by atoms with van der Waals surface area (Å²) in [6, 6.07) is 6.67. The molecule has 2 aromatic heterocycles. The van der Waals surface area contributed by atoms with E-state index in [2.05, 4.69) is 15.9 Å². The fourth-order valence-corrected chi connectivity index (χ4v) is 2.91. The molecule has 0 saturated carbocycles. The van der Waals surface area contributed by atoms with Gasteiger partial charge in [0.2, 0.25) is 0 Å². The van der Waals surface area contributed by atoms with E-state index >= 15 is 0 Å². The van der Waals surface area contributed by atoms with E-state index in [1.165, 1.54) is 22.0 Å². The highest BCUT2D eigenvalue weighted by molar-refractivity contribution is 9.11. The molecule has 2 aromatic rings. The quantitative estimate of drug-likeness (QED) is 0.946. The number of aromatic nitrogens is 1. The Hall–Kier alpha value is -1.40. The van der Waals surface area contributed by atoms with E-state index < -0.39 is 11.5 Å².